The van der Waals surface area contributed by atoms with Gasteiger partial charge in [-0.05, 0) is 65.1 Å². The van der Waals surface area contributed by atoms with Crippen molar-refractivity contribution in [2.45, 2.75) is 85.0 Å². The van der Waals surface area contributed by atoms with E-state index in [4.69, 9.17) is 4.42 Å². The van der Waals surface area contributed by atoms with Crippen molar-refractivity contribution in [2.24, 2.45) is 0 Å². The van der Waals surface area contributed by atoms with Crippen LogP contribution in [0.4, 0.5) is 0 Å². The van der Waals surface area contributed by atoms with Gasteiger partial charge in [-0.3, -0.25) is 4.90 Å². The number of aryl methyl sites for hydroxylation is 1. The van der Waals surface area contributed by atoms with Gasteiger partial charge in [-0.15, -0.1) is 0 Å². The molecule has 1 aliphatic rings. The van der Waals surface area contributed by atoms with Crippen LogP contribution in [-0.4, -0.2) is 23.0 Å². The summed E-state index contributed by atoms with van der Waals surface area (Å²) >= 11 is 0. The van der Waals surface area contributed by atoms with Crippen LogP contribution < -0.4 is 5.32 Å². The summed E-state index contributed by atoms with van der Waals surface area (Å²) in [5, 5.41) is 3.51. The molecule has 1 saturated carbocycles. The molecule has 1 aromatic rings. The highest BCUT2D eigenvalue weighted by Crippen LogP contribution is 2.29. The topological polar surface area (TPSA) is 28.4 Å². The van der Waals surface area contributed by atoms with Crippen LogP contribution in [0.1, 0.15) is 70.5 Å². The van der Waals surface area contributed by atoms with E-state index in [1.807, 2.05) is 0 Å². The fourth-order valence-corrected chi connectivity index (χ4v) is 2.58. The fraction of sp³-hybridized carbons (Fsp3) is 0.778. The number of nitrogens with zero attached hydrogens (tertiary/aromatic N) is 1. The van der Waals surface area contributed by atoms with Gasteiger partial charge in [0.2, 0.25) is 0 Å². The van der Waals surface area contributed by atoms with Gasteiger partial charge in [0.25, 0.3) is 0 Å². The quantitative estimate of drug-likeness (QED) is 0.777. The lowest BCUT2D eigenvalue weighted by Gasteiger charge is -2.21. The summed E-state index contributed by atoms with van der Waals surface area (Å²) in [5.74, 6) is 2.22. The molecular formula is C18H32N2O. The van der Waals surface area contributed by atoms with Gasteiger partial charge in [0, 0.05) is 11.6 Å². The summed E-state index contributed by atoms with van der Waals surface area (Å²) in [6.07, 6.45) is 5.28. The predicted molar refractivity (Wildman–Crippen MR) is 88.4 cm³/mol. The molecule has 0 bridgehead atoms. The molecule has 3 heteroatoms. The minimum atomic E-state index is 0.126. The maximum Gasteiger partial charge on any atom is 0.120 e. The Morgan fingerprint density at radius 2 is 2.05 bits per heavy atom. The highest BCUT2D eigenvalue weighted by Gasteiger charge is 2.29. The average molecular weight is 292 g/mol. The fourth-order valence-electron chi connectivity index (χ4n) is 2.58. The first-order valence-corrected chi connectivity index (χ1v) is 8.46. The summed E-state index contributed by atoms with van der Waals surface area (Å²) in [6.45, 7) is 14.0. The summed E-state index contributed by atoms with van der Waals surface area (Å²) in [7, 11) is 0. The molecule has 1 fully saturated rings. The van der Waals surface area contributed by atoms with Gasteiger partial charge < -0.3 is 9.73 Å². The molecule has 1 N–H and O–H groups in total. The zero-order chi connectivity index (χ0) is 15.5. The summed E-state index contributed by atoms with van der Waals surface area (Å²) in [4.78, 5) is 2.60. The van der Waals surface area contributed by atoms with E-state index < -0.39 is 0 Å². The second-order valence-electron chi connectivity index (χ2n) is 7.48. The second-order valence-corrected chi connectivity index (χ2v) is 7.48. The molecule has 0 aliphatic heterocycles. The second kappa shape index (κ2) is 6.97. The van der Waals surface area contributed by atoms with E-state index in [1.54, 1.807) is 0 Å². The van der Waals surface area contributed by atoms with Gasteiger partial charge in [0.1, 0.15) is 11.5 Å². The lowest BCUT2D eigenvalue weighted by atomic mass is 10.1. The van der Waals surface area contributed by atoms with E-state index in [2.05, 4.69) is 50.9 Å². The lowest BCUT2D eigenvalue weighted by molar-refractivity contribution is 0.227. The van der Waals surface area contributed by atoms with E-state index in [1.165, 1.54) is 37.8 Å². The molecule has 1 aromatic heterocycles. The standard InChI is InChI=1S/C18H32N2O/c1-6-7-10-20(15-8-9-15)13-16-11-14(2)17(21-16)12-19-18(3,4)5/h11,15,19H,6-10,12-13H2,1-5H3. The van der Waals surface area contributed by atoms with Crippen LogP contribution >= 0.6 is 0 Å². The molecule has 0 atom stereocenters. The van der Waals surface area contributed by atoms with E-state index in [0.717, 1.165) is 30.7 Å². The monoisotopic (exact) mass is 292 g/mol. The highest BCUT2D eigenvalue weighted by atomic mass is 16.3. The molecule has 0 amide bonds. The van der Waals surface area contributed by atoms with Crippen molar-refractivity contribution >= 4 is 0 Å². The first-order chi connectivity index (χ1) is 9.89. The van der Waals surface area contributed by atoms with E-state index in [9.17, 15) is 0 Å². The van der Waals surface area contributed by atoms with E-state index >= 15 is 0 Å². The molecule has 120 valence electrons. The predicted octanol–water partition coefficient (Wildman–Crippen LogP) is 4.24. The first kappa shape index (κ1) is 16.6. The zero-order valence-corrected chi connectivity index (χ0v) is 14.5. The van der Waals surface area contributed by atoms with Crippen molar-refractivity contribution in [3.63, 3.8) is 0 Å². The van der Waals surface area contributed by atoms with Crippen LogP contribution in [0.15, 0.2) is 10.5 Å². The minimum Gasteiger partial charge on any atom is -0.463 e. The van der Waals surface area contributed by atoms with Crippen LogP contribution in [0.5, 0.6) is 0 Å². The van der Waals surface area contributed by atoms with Crippen LogP contribution in [0.25, 0.3) is 0 Å². The van der Waals surface area contributed by atoms with Gasteiger partial charge in [0.05, 0.1) is 13.1 Å². The van der Waals surface area contributed by atoms with Crippen molar-refractivity contribution in [1.29, 1.82) is 0 Å². The molecule has 0 spiro atoms. The highest BCUT2D eigenvalue weighted by molar-refractivity contribution is 5.20. The Hall–Kier alpha value is -0.800. The van der Waals surface area contributed by atoms with Gasteiger partial charge in [-0.25, -0.2) is 0 Å². The number of furan rings is 1. The van der Waals surface area contributed by atoms with Crippen molar-refractivity contribution in [3.05, 3.63) is 23.2 Å². The van der Waals surface area contributed by atoms with Crippen molar-refractivity contribution in [3.8, 4) is 0 Å². The zero-order valence-electron chi connectivity index (χ0n) is 14.5. The largest absolute Gasteiger partial charge is 0.463 e. The Morgan fingerprint density at radius 1 is 1.33 bits per heavy atom. The van der Waals surface area contributed by atoms with Crippen molar-refractivity contribution in [1.82, 2.24) is 10.2 Å². The molecule has 21 heavy (non-hydrogen) atoms. The van der Waals surface area contributed by atoms with Gasteiger partial charge >= 0.3 is 0 Å². The molecule has 0 unspecified atom stereocenters. The van der Waals surface area contributed by atoms with Gasteiger partial charge in [0.15, 0.2) is 0 Å². The number of nitrogens with one attached hydrogen (secondary N) is 1. The summed E-state index contributed by atoms with van der Waals surface area (Å²) < 4.78 is 6.09. The Balaban J connectivity index is 1.93. The van der Waals surface area contributed by atoms with Crippen molar-refractivity contribution < 1.29 is 4.42 Å². The molecule has 0 radical (unpaired) electrons. The first-order valence-electron chi connectivity index (χ1n) is 8.46. The maximum absolute atomic E-state index is 6.09. The molecule has 2 rings (SSSR count). The van der Waals surface area contributed by atoms with E-state index in [-0.39, 0.29) is 5.54 Å². The summed E-state index contributed by atoms with van der Waals surface area (Å²) in [5.41, 5.74) is 1.40. The van der Waals surface area contributed by atoms with Crippen LogP contribution in [0.3, 0.4) is 0 Å². The van der Waals surface area contributed by atoms with Gasteiger partial charge in [-0.2, -0.15) is 0 Å². The smallest absolute Gasteiger partial charge is 0.120 e. The van der Waals surface area contributed by atoms with Crippen LogP contribution in [0.2, 0.25) is 0 Å². The van der Waals surface area contributed by atoms with E-state index in [0.29, 0.717) is 0 Å². The third-order valence-corrected chi connectivity index (χ3v) is 4.07. The molecule has 0 aromatic carbocycles. The Bertz CT molecular complexity index is 441. The number of hydrogen-bond acceptors (Lipinski definition) is 3. The number of unbranched alkanes of at least 4 members (excludes halogenated alkanes) is 1. The minimum absolute atomic E-state index is 0.126. The third-order valence-electron chi connectivity index (χ3n) is 4.07. The summed E-state index contributed by atoms with van der Waals surface area (Å²) in [6, 6.07) is 3.03. The van der Waals surface area contributed by atoms with Crippen LogP contribution in [0, 0.1) is 6.92 Å². The van der Waals surface area contributed by atoms with Gasteiger partial charge in [-0.1, -0.05) is 13.3 Å². The Morgan fingerprint density at radius 3 is 2.62 bits per heavy atom. The lowest BCUT2D eigenvalue weighted by Crippen LogP contribution is -2.35. The number of rotatable bonds is 8. The Labute approximate surface area is 130 Å². The third kappa shape index (κ3) is 5.48. The maximum atomic E-state index is 6.09. The van der Waals surface area contributed by atoms with Crippen LogP contribution in [-0.2, 0) is 13.1 Å². The molecular weight excluding hydrogens is 260 g/mol. The Kier molecular flexibility index (Phi) is 5.50. The number of hydrogen-bond donors (Lipinski definition) is 1. The molecule has 3 nitrogen and oxygen atoms in total. The molecule has 1 heterocycles. The SMILES string of the molecule is CCCCN(Cc1cc(C)c(CNC(C)(C)C)o1)C1CC1. The average Bonchev–Trinajstić information content (AvgIpc) is 3.16. The van der Waals surface area contributed by atoms with Crippen molar-refractivity contribution in [2.75, 3.05) is 6.54 Å². The normalized spacial score (nSPS) is 15.9. The molecule has 0 saturated heterocycles. The molecule has 1 aliphatic carbocycles.